The van der Waals surface area contributed by atoms with Gasteiger partial charge < -0.3 is 16.0 Å². The number of nitrogens with one attached hydrogen (secondary N) is 1. The molecule has 0 saturated heterocycles. The van der Waals surface area contributed by atoms with Crippen LogP contribution >= 0.6 is 0 Å². The third kappa shape index (κ3) is 3.57. The zero-order valence-electron chi connectivity index (χ0n) is 12.4. The molecule has 2 aromatic rings. The van der Waals surface area contributed by atoms with Crippen LogP contribution < -0.4 is 11.1 Å². The van der Waals surface area contributed by atoms with Gasteiger partial charge in [-0.05, 0) is 46.0 Å². The Labute approximate surface area is 120 Å². The van der Waals surface area contributed by atoms with Crippen molar-refractivity contribution in [2.45, 2.75) is 26.3 Å². The first-order valence-corrected chi connectivity index (χ1v) is 7.04. The first-order valence-electron chi connectivity index (χ1n) is 7.04. The average molecular weight is 273 g/mol. The van der Waals surface area contributed by atoms with Gasteiger partial charge in [0.1, 0.15) is 0 Å². The Hall–Kier alpha value is -1.88. The highest BCUT2D eigenvalue weighted by molar-refractivity contribution is 5.79. The van der Waals surface area contributed by atoms with Crippen molar-refractivity contribution in [3.8, 4) is 0 Å². The molecule has 0 fully saturated rings. The Kier molecular flexibility index (Phi) is 4.74. The molecule has 5 nitrogen and oxygen atoms in total. The lowest BCUT2D eigenvalue weighted by Gasteiger charge is -2.20. The van der Waals surface area contributed by atoms with Crippen molar-refractivity contribution in [1.82, 2.24) is 14.9 Å². The molecule has 1 heterocycles. The number of rotatable bonds is 6. The standard InChI is InChI=1S/C15H23N5/c1-11(2)20(3)10-6-9-17-15-14(16)18-12-7-4-5-8-13(12)19-15/h4-5,7-8,11H,6,9-10H2,1-3H3,(H2,16,18)(H,17,19). The van der Waals surface area contributed by atoms with E-state index in [0.717, 1.165) is 30.5 Å². The number of nitrogens with two attached hydrogens (primary N) is 1. The number of fused-ring (bicyclic) bond motifs is 1. The summed E-state index contributed by atoms with van der Waals surface area (Å²) in [4.78, 5) is 11.2. The van der Waals surface area contributed by atoms with Gasteiger partial charge in [-0.2, -0.15) is 0 Å². The van der Waals surface area contributed by atoms with Gasteiger partial charge in [0.2, 0.25) is 0 Å². The molecular weight excluding hydrogens is 250 g/mol. The molecule has 0 saturated carbocycles. The Morgan fingerprint density at radius 1 is 1.20 bits per heavy atom. The lowest BCUT2D eigenvalue weighted by Crippen LogP contribution is -2.28. The van der Waals surface area contributed by atoms with Crippen LogP contribution in [0, 0.1) is 0 Å². The second-order valence-electron chi connectivity index (χ2n) is 5.30. The molecule has 0 aliphatic carbocycles. The smallest absolute Gasteiger partial charge is 0.169 e. The fourth-order valence-electron chi connectivity index (χ4n) is 1.94. The average Bonchev–Trinajstić information content (AvgIpc) is 2.43. The molecule has 108 valence electrons. The van der Waals surface area contributed by atoms with E-state index in [1.54, 1.807) is 0 Å². The molecule has 0 amide bonds. The van der Waals surface area contributed by atoms with Gasteiger partial charge in [0, 0.05) is 12.6 Å². The van der Waals surface area contributed by atoms with E-state index >= 15 is 0 Å². The van der Waals surface area contributed by atoms with E-state index in [2.05, 4.69) is 41.1 Å². The van der Waals surface area contributed by atoms with E-state index < -0.39 is 0 Å². The summed E-state index contributed by atoms with van der Waals surface area (Å²) in [6.07, 6.45) is 1.04. The lowest BCUT2D eigenvalue weighted by molar-refractivity contribution is 0.273. The number of nitrogens with zero attached hydrogens (tertiary/aromatic N) is 3. The van der Waals surface area contributed by atoms with Gasteiger partial charge in [-0.15, -0.1) is 0 Å². The van der Waals surface area contributed by atoms with Crippen molar-refractivity contribution >= 4 is 22.7 Å². The van der Waals surface area contributed by atoms with Crippen LogP contribution in [0.3, 0.4) is 0 Å². The fourth-order valence-corrected chi connectivity index (χ4v) is 1.94. The summed E-state index contributed by atoms with van der Waals surface area (Å²) in [6, 6.07) is 8.32. The van der Waals surface area contributed by atoms with E-state index in [1.165, 1.54) is 0 Å². The molecule has 5 heteroatoms. The van der Waals surface area contributed by atoms with Gasteiger partial charge in [-0.25, -0.2) is 9.97 Å². The molecule has 0 unspecified atom stereocenters. The van der Waals surface area contributed by atoms with Gasteiger partial charge in [0.05, 0.1) is 11.0 Å². The van der Waals surface area contributed by atoms with Gasteiger partial charge in [0.15, 0.2) is 11.6 Å². The van der Waals surface area contributed by atoms with Crippen molar-refractivity contribution < 1.29 is 0 Å². The van der Waals surface area contributed by atoms with Crippen LogP contribution in [0.25, 0.3) is 11.0 Å². The summed E-state index contributed by atoms with van der Waals surface area (Å²) in [5.74, 6) is 1.14. The normalized spacial score (nSPS) is 11.4. The van der Waals surface area contributed by atoms with E-state index in [1.807, 2.05) is 24.3 Å². The van der Waals surface area contributed by atoms with Crippen molar-refractivity contribution in [2.75, 3.05) is 31.2 Å². The Morgan fingerprint density at radius 2 is 1.85 bits per heavy atom. The van der Waals surface area contributed by atoms with Crippen LogP contribution in [0.15, 0.2) is 24.3 Å². The zero-order valence-corrected chi connectivity index (χ0v) is 12.4. The van der Waals surface area contributed by atoms with Crippen LogP contribution in [-0.2, 0) is 0 Å². The van der Waals surface area contributed by atoms with Crippen molar-refractivity contribution in [3.63, 3.8) is 0 Å². The number of benzene rings is 1. The van der Waals surface area contributed by atoms with E-state index in [9.17, 15) is 0 Å². The van der Waals surface area contributed by atoms with E-state index in [-0.39, 0.29) is 0 Å². The predicted octanol–water partition coefficient (Wildman–Crippen LogP) is 2.35. The van der Waals surface area contributed by atoms with Crippen molar-refractivity contribution in [2.24, 2.45) is 0 Å². The lowest BCUT2D eigenvalue weighted by atomic mass is 10.3. The summed E-state index contributed by atoms with van der Waals surface area (Å²) in [7, 11) is 2.13. The quantitative estimate of drug-likeness (QED) is 0.791. The van der Waals surface area contributed by atoms with Crippen LogP contribution in [0.1, 0.15) is 20.3 Å². The second kappa shape index (κ2) is 6.52. The Balaban J connectivity index is 1.94. The second-order valence-corrected chi connectivity index (χ2v) is 5.30. The zero-order chi connectivity index (χ0) is 14.5. The molecule has 0 radical (unpaired) electrons. The fraction of sp³-hybridized carbons (Fsp3) is 0.467. The molecule has 0 aliphatic rings. The summed E-state index contributed by atoms with van der Waals surface area (Å²) >= 11 is 0. The molecule has 0 aliphatic heterocycles. The maximum Gasteiger partial charge on any atom is 0.169 e. The molecule has 1 aromatic carbocycles. The summed E-state index contributed by atoms with van der Waals surface area (Å²) in [5.41, 5.74) is 7.62. The van der Waals surface area contributed by atoms with Crippen LogP contribution in [-0.4, -0.2) is 41.0 Å². The van der Waals surface area contributed by atoms with Crippen LogP contribution in [0.5, 0.6) is 0 Å². The van der Waals surface area contributed by atoms with Gasteiger partial charge in [-0.3, -0.25) is 0 Å². The summed E-state index contributed by atoms with van der Waals surface area (Å²) in [5, 5.41) is 3.27. The van der Waals surface area contributed by atoms with Crippen molar-refractivity contribution in [1.29, 1.82) is 0 Å². The minimum atomic E-state index is 0.459. The molecule has 1 aromatic heterocycles. The highest BCUT2D eigenvalue weighted by Gasteiger charge is 2.06. The topological polar surface area (TPSA) is 67.1 Å². The summed E-state index contributed by atoms with van der Waals surface area (Å²) < 4.78 is 0. The van der Waals surface area contributed by atoms with Gasteiger partial charge in [-0.1, -0.05) is 12.1 Å². The first-order chi connectivity index (χ1) is 9.58. The first kappa shape index (κ1) is 14.5. The molecule has 2 rings (SSSR count). The minimum absolute atomic E-state index is 0.459. The molecule has 0 spiro atoms. The number of hydrogen-bond donors (Lipinski definition) is 2. The number of para-hydroxylation sites is 2. The third-order valence-electron chi connectivity index (χ3n) is 3.46. The largest absolute Gasteiger partial charge is 0.381 e. The molecule has 20 heavy (non-hydrogen) atoms. The summed E-state index contributed by atoms with van der Waals surface area (Å²) in [6.45, 7) is 6.28. The van der Waals surface area contributed by atoms with Crippen LogP contribution in [0.2, 0.25) is 0 Å². The molecule has 3 N–H and O–H groups in total. The number of aromatic nitrogens is 2. The van der Waals surface area contributed by atoms with Crippen LogP contribution in [0.4, 0.5) is 11.6 Å². The predicted molar refractivity (Wildman–Crippen MR) is 84.8 cm³/mol. The Morgan fingerprint density at radius 3 is 2.50 bits per heavy atom. The number of nitrogen functional groups attached to an aromatic ring is 1. The molecule has 0 bridgehead atoms. The van der Waals surface area contributed by atoms with Gasteiger partial charge >= 0.3 is 0 Å². The SMILES string of the molecule is CC(C)N(C)CCCNc1nc2ccccc2nc1N. The molecule has 0 atom stereocenters. The van der Waals surface area contributed by atoms with E-state index in [4.69, 9.17) is 5.73 Å². The third-order valence-corrected chi connectivity index (χ3v) is 3.46. The minimum Gasteiger partial charge on any atom is -0.381 e. The highest BCUT2D eigenvalue weighted by atomic mass is 15.1. The van der Waals surface area contributed by atoms with Crippen molar-refractivity contribution in [3.05, 3.63) is 24.3 Å². The maximum atomic E-state index is 5.93. The molecular formula is C15H23N5. The monoisotopic (exact) mass is 273 g/mol. The number of hydrogen-bond acceptors (Lipinski definition) is 5. The highest BCUT2D eigenvalue weighted by Crippen LogP contribution is 2.18. The van der Waals surface area contributed by atoms with E-state index in [0.29, 0.717) is 17.7 Å². The van der Waals surface area contributed by atoms with Gasteiger partial charge in [0.25, 0.3) is 0 Å². The maximum absolute atomic E-state index is 5.93. The number of anilines is 2. The Bertz CT molecular complexity index is 567.